The zero-order valence-electron chi connectivity index (χ0n) is 7.39. The van der Waals surface area contributed by atoms with Crippen LogP contribution in [0.1, 0.15) is 18.4 Å². The minimum absolute atomic E-state index is 0.643. The van der Waals surface area contributed by atoms with E-state index in [2.05, 4.69) is 0 Å². The smallest absolute Gasteiger partial charge is 0.159 e. The van der Waals surface area contributed by atoms with Crippen LogP contribution in [0.5, 0.6) is 0 Å². The average Bonchev–Trinajstić information content (AvgIpc) is 2.12. The Morgan fingerprint density at radius 1 is 1.08 bits per heavy atom. The summed E-state index contributed by atoms with van der Waals surface area (Å²) in [7, 11) is 0. The predicted molar refractivity (Wildman–Crippen MR) is 48.4 cm³/mol. The van der Waals surface area contributed by atoms with Crippen molar-refractivity contribution >= 4 is 0 Å². The van der Waals surface area contributed by atoms with Crippen LogP contribution in [0.25, 0.3) is 0 Å². The molecule has 0 aliphatic rings. The van der Waals surface area contributed by atoms with Crippen molar-refractivity contribution in [2.24, 2.45) is 5.73 Å². The molecular weight excluding hydrogens is 172 g/mol. The van der Waals surface area contributed by atoms with Crippen molar-refractivity contribution in [3.05, 3.63) is 35.4 Å². The van der Waals surface area contributed by atoms with Gasteiger partial charge in [-0.15, -0.1) is 0 Å². The Labute approximate surface area is 76.6 Å². The summed E-state index contributed by atoms with van der Waals surface area (Å²) >= 11 is 0. The molecule has 1 rings (SSSR count). The Morgan fingerprint density at radius 2 is 1.85 bits per heavy atom. The molecule has 13 heavy (non-hydrogen) atoms. The lowest BCUT2D eigenvalue weighted by Crippen LogP contribution is -1.99. The first-order valence-electron chi connectivity index (χ1n) is 4.38. The summed E-state index contributed by atoms with van der Waals surface area (Å²) in [4.78, 5) is 0. The zero-order chi connectivity index (χ0) is 9.68. The van der Waals surface area contributed by atoms with E-state index >= 15 is 0 Å². The first-order chi connectivity index (χ1) is 6.24. The Morgan fingerprint density at radius 3 is 2.46 bits per heavy atom. The van der Waals surface area contributed by atoms with Crippen LogP contribution in [0.15, 0.2) is 18.2 Å². The van der Waals surface area contributed by atoms with E-state index in [0.29, 0.717) is 6.54 Å². The number of hydrogen-bond acceptors (Lipinski definition) is 1. The van der Waals surface area contributed by atoms with Crippen LogP contribution in [0, 0.1) is 11.6 Å². The highest BCUT2D eigenvalue weighted by Gasteiger charge is 2.01. The lowest BCUT2D eigenvalue weighted by atomic mass is 10.1. The minimum Gasteiger partial charge on any atom is -0.330 e. The molecule has 72 valence electrons. The normalized spacial score (nSPS) is 10.4. The highest BCUT2D eigenvalue weighted by Crippen LogP contribution is 2.10. The summed E-state index contributed by atoms with van der Waals surface area (Å²) in [6.45, 7) is 0.643. The van der Waals surface area contributed by atoms with E-state index in [1.165, 1.54) is 6.07 Å². The van der Waals surface area contributed by atoms with E-state index in [1.807, 2.05) is 0 Å². The summed E-state index contributed by atoms with van der Waals surface area (Å²) in [5, 5.41) is 0. The quantitative estimate of drug-likeness (QED) is 0.715. The number of unbranched alkanes of at least 4 members (excludes halogenated alkanes) is 1. The molecule has 0 radical (unpaired) electrons. The number of nitrogens with two attached hydrogens (primary N) is 1. The Balaban J connectivity index is 2.53. The number of benzene rings is 1. The summed E-state index contributed by atoms with van der Waals surface area (Å²) in [5.74, 6) is -1.56. The van der Waals surface area contributed by atoms with E-state index in [1.54, 1.807) is 6.07 Å². The van der Waals surface area contributed by atoms with Gasteiger partial charge in [-0.05, 0) is 43.5 Å². The van der Waals surface area contributed by atoms with Crippen LogP contribution in [-0.4, -0.2) is 6.54 Å². The SMILES string of the molecule is NCCCCc1ccc(F)c(F)c1. The summed E-state index contributed by atoms with van der Waals surface area (Å²) in [6.07, 6.45) is 2.59. The third kappa shape index (κ3) is 3.11. The lowest BCUT2D eigenvalue weighted by Gasteiger charge is -2.00. The van der Waals surface area contributed by atoms with Crippen molar-refractivity contribution in [3.8, 4) is 0 Å². The van der Waals surface area contributed by atoms with Crippen LogP contribution in [0.3, 0.4) is 0 Å². The number of rotatable bonds is 4. The van der Waals surface area contributed by atoms with Crippen molar-refractivity contribution in [3.63, 3.8) is 0 Å². The van der Waals surface area contributed by atoms with Crippen LogP contribution in [-0.2, 0) is 6.42 Å². The summed E-state index contributed by atoms with van der Waals surface area (Å²) in [5.41, 5.74) is 6.14. The van der Waals surface area contributed by atoms with Gasteiger partial charge in [-0.25, -0.2) is 8.78 Å². The van der Waals surface area contributed by atoms with Crippen LogP contribution in [0.2, 0.25) is 0 Å². The second kappa shape index (κ2) is 4.92. The van der Waals surface area contributed by atoms with Gasteiger partial charge in [0.1, 0.15) is 0 Å². The Bertz CT molecular complexity index is 274. The molecule has 3 heteroatoms. The van der Waals surface area contributed by atoms with E-state index in [9.17, 15) is 8.78 Å². The van der Waals surface area contributed by atoms with Crippen molar-refractivity contribution < 1.29 is 8.78 Å². The van der Waals surface area contributed by atoms with Crippen LogP contribution in [0.4, 0.5) is 8.78 Å². The zero-order valence-corrected chi connectivity index (χ0v) is 7.39. The van der Waals surface area contributed by atoms with Crippen molar-refractivity contribution in [1.29, 1.82) is 0 Å². The third-order valence-electron chi connectivity index (χ3n) is 1.90. The van der Waals surface area contributed by atoms with Gasteiger partial charge in [-0.1, -0.05) is 6.07 Å². The minimum atomic E-state index is -0.789. The summed E-state index contributed by atoms with van der Waals surface area (Å²) < 4.78 is 25.2. The molecule has 1 aromatic carbocycles. The number of halogens is 2. The van der Waals surface area contributed by atoms with Gasteiger partial charge in [0, 0.05) is 0 Å². The van der Waals surface area contributed by atoms with Crippen molar-refractivity contribution in [2.75, 3.05) is 6.54 Å². The maximum Gasteiger partial charge on any atom is 0.159 e. The largest absolute Gasteiger partial charge is 0.330 e. The lowest BCUT2D eigenvalue weighted by molar-refractivity contribution is 0.506. The second-order valence-electron chi connectivity index (χ2n) is 2.99. The fraction of sp³-hybridized carbons (Fsp3) is 0.400. The molecule has 1 aromatic rings. The number of aryl methyl sites for hydroxylation is 1. The van der Waals surface area contributed by atoms with E-state index < -0.39 is 11.6 Å². The molecular formula is C10H13F2N. The first kappa shape index (κ1) is 10.1. The topological polar surface area (TPSA) is 26.0 Å². The molecule has 0 fully saturated rings. The molecule has 0 saturated carbocycles. The fourth-order valence-corrected chi connectivity index (χ4v) is 1.17. The average molecular weight is 185 g/mol. The molecule has 0 unspecified atom stereocenters. The molecule has 0 heterocycles. The van der Waals surface area contributed by atoms with E-state index in [4.69, 9.17) is 5.73 Å². The molecule has 0 amide bonds. The van der Waals surface area contributed by atoms with Crippen molar-refractivity contribution in [1.82, 2.24) is 0 Å². The molecule has 0 bridgehead atoms. The van der Waals surface area contributed by atoms with Gasteiger partial charge in [0.25, 0.3) is 0 Å². The Kier molecular flexibility index (Phi) is 3.83. The standard InChI is InChI=1S/C10H13F2N/c11-9-5-4-8(7-10(9)12)3-1-2-6-13/h4-5,7H,1-3,6,13H2. The molecule has 1 nitrogen and oxygen atoms in total. The van der Waals surface area contributed by atoms with Gasteiger partial charge in [0.2, 0.25) is 0 Å². The molecule has 0 spiro atoms. The van der Waals surface area contributed by atoms with E-state index in [-0.39, 0.29) is 0 Å². The molecule has 2 N–H and O–H groups in total. The maximum atomic E-state index is 12.7. The first-order valence-corrected chi connectivity index (χ1v) is 4.38. The molecule has 0 saturated heterocycles. The molecule has 0 atom stereocenters. The highest BCUT2D eigenvalue weighted by atomic mass is 19.2. The van der Waals surface area contributed by atoms with Crippen molar-refractivity contribution in [2.45, 2.75) is 19.3 Å². The predicted octanol–water partition coefficient (Wildman–Crippen LogP) is 2.25. The van der Waals surface area contributed by atoms with Gasteiger partial charge < -0.3 is 5.73 Å². The summed E-state index contributed by atoms with van der Waals surface area (Å²) in [6, 6.07) is 4.01. The van der Waals surface area contributed by atoms with Crippen LogP contribution < -0.4 is 5.73 Å². The second-order valence-corrected chi connectivity index (χ2v) is 2.99. The van der Waals surface area contributed by atoms with Gasteiger partial charge in [0.15, 0.2) is 11.6 Å². The van der Waals surface area contributed by atoms with Crippen LogP contribution >= 0.6 is 0 Å². The monoisotopic (exact) mass is 185 g/mol. The van der Waals surface area contributed by atoms with Gasteiger partial charge in [-0.3, -0.25) is 0 Å². The van der Waals surface area contributed by atoms with Gasteiger partial charge in [0.05, 0.1) is 0 Å². The van der Waals surface area contributed by atoms with Gasteiger partial charge >= 0.3 is 0 Å². The number of hydrogen-bond donors (Lipinski definition) is 1. The Hall–Kier alpha value is -0.960. The fourth-order valence-electron chi connectivity index (χ4n) is 1.17. The highest BCUT2D eigenvalue weighted by molar-refractivity contribution is 5.17. The third-order valence-corrected chi connectivity index (χ3v) is 1.90. The molecule has 0 aliphatic heterocycles. The van der Waals surface area contributed by atoms with Gasteiger partial charge in [-0.2, -0.15) is 0 Å². The maximum absolute atomic E-state index is 12.7. The molecule has 0 aliphatic carbocycles. The molecule has 0 aromatic heterocycles. The van der Waals surface area contributed by atoms with E-state index in [0.717, 1.165) is 30.9 Å².